The van der Waals surface area contributed by atoms with Crippen LogP contribution in [0.1, 0.15) is 41.5 Å². The van der Waals surface area contributed by atoms with E-state index in [0.29, 0.717) is 0 Å². The number of hydrogen-bond acceptors (Lipinski definition) is 2. The summed E-state index contributed by atoms with van der Waals surface area (Å²) in [6.07, 6.45) is 0. The van der Waals surface area contributed by atoms with Crippen molar-refractivity contribution in [3.63, 3.8) is 0 Å². The van der Waals surface area contributed by atoms with Crippen molar-refractivity contribution in [1.29, 1.82) is 0 Å². The molecular weight excluding hydrogens is 312 g/mol. The predicted molar refractivity (Wildman–Crippen MR) is 67.1 cm³/mol. The Morgan fingerprint density at radius 1 is 0.714 bits per heavy atom. The highest BCUT2D eigenvalue weighted by atomic mass is 79.9. The van der Waals surface area contributed by atoms with Crippen molar-refractivity contribution >= 4 is 31.9 Å². The Bertz CT molecular complexity index is 150. The maximum atomic E-state index is 5.69. The molecule has 2 atom stereocenters. The Balaban J connectivity index is 4.07. The van der Waals surface area contributed by atoms with Crippen LogP contribution < -0.4 is 0 Å². The van der Waals surface area contributed by atoms with Crippen LogP contribution in [0.2, 0.25) is 0 Å². The van der Waals surface area contributed by atoms with Crippen molar-refractivity contribution in [2.24, 2.45) is 0 Å². The second kappa shape index (κ2) is 5.28. The number of halogens is 2. The van der Waals surface area contributed by atoms with Crippen molar-refractivity contribution < 1.29 is 9.47 Å². The number of alkyl halides is 2. The van der Waals surface area contributed by atoms with Gasteiger partial charge in [0.15, 0.2) is 0 Å². The molecule has 0 radical (unpaired) electrons. The predicted octanol–water partition coefficient (Wildman–Crippen LogP) is 4.06. The molecule has 2 unspecified atom stereocenters. The number of hydrogen-bond donors (Lipinski definition) is 0. The van der Waals surface area contributed by atoms with E-state index in [9.17, 15) is 0 Å². The molecule has 14 heavy (non-hydrogen) atoms. The molecule has 86 valence electrons. The van der Waals surface area contributed by atoms with Crippen molar-refractivity contribution in [2.45, 2.75) is 62.8 Å². The first-order valence-electron chi connectivity index (χ1n) is 4.65. The molecular formula is C10H20Br2O2. The molecule has 0 spiro atoms. The van der Waals surface area contributed by atoms with Crippen molar-refractivity contribution in [3.05, 3.63) is 0 Å². The van der Waals surface area contributed by atoms with Gasteiger partial charge < -0.3 is 9.47 Å². The smallest absolute Gasteiger partial charge is 0.149 e. The zero-order chi connectivity index (χ0) is 11.6. The molecule has 0 aliphatic heterocycles. The lowest BCUT2D eigenvalue weighted by atomic mass is 10.2. The van der Waals surface area contributed by atoms with Crippen molar-refractivity contribution in [2.75, 3.05) is 0 Å². The Hall–Kier alpha value is 0.880. The van der Waals surface area contributed by atoms with Crippen LogP contribution in [0, 0.1) is 0 Å². The van der Waals surface area contributed by atoms with Gasteiger partial charge in [0.05, 0.1) is 11.2 Å². The third-order valence-corrected chi connectivity index (χ3v) is 3.18. The normalized spacial score (nSPS) is 18.0. The third-order valence-electron chi connectivity index (χ3n) is 1.14. The highest BCUT2D eigenvalue weighted by molar-refractivity contribution is 9.12. The summed E-state index contributed by atoms with van der Waals surface area (Å²) in [6, 6.07) is 0. The Morgan fingerprint density at radius 3 is 1.07 bits per heavy atom. The largest absolute Gasteiger partial charge is 0.358 e. The molecule has 2 nitrogen and oxygen atoms in total. The van der Waals surface area contributed by atoms with Gasteiger partial charge in [0, 0.05) is 0 Å². The summed E-state index contributed by atoms with van der Waals surface area (Å²) in [7, 11) is 0. The van der Waals surface area contributed by atoms with E-state index in [1.54, 1.807) is 0 Å². The van der Waals surface area contributed by atoms with Gasteiger partial charge in [-0.2, -0.15) is 0 Å². The van der Waals surface area contributed by atoms with E-state index >= 15 is 0 Å². The average Bonchev–Trinajstić information content (AvgIpc) is 1.78. The first-order chi connectivity index (χ1) is 6.01. The van der Waals surface area contributed by atoms with Gasteiger partial charge in [-0.3, -0.25) is 0 Å². The van der Waals surface area contributed by atoms with Gasteiger partial charge >= 0.3 is 0 Å². The molecule has 0 heterocycles. The van der Waals surface area contributed by atoms with Gasteiger partial charge in [-0.1, -0.05) is 31.9 Å². The highest BCUT2D eigenvalue weighted by Gasteiger charge is 2.26. The van der Waals surface area contributed by atoms with Gasteiger partial charge in [0.2, 0.25) is 0 Å². The first kappa shape index (κ1) is 14.9. The fraction of sp³-hybridized carbons (Fsp3) is 1.00. The number of ether oxygens (including phenoxy) is 2. The van der Waals surface area contributed by atoms with Gasteiger partial charge in [-0.05, 0) is 41.5 Å². The lowest BCUT2D eigenvalue weighted by Crippen LogP contribution is -2.34. The van der Waals surface area contributed by atoms with Gasteiger partial charge in [-0.15, -0.1) is 0 Å². The van der Waals surface area contributed by atoms with E-state index in [-0.39, 0.29) is 21.2 Å². The van der Waals surface area contributed by atoms with Crippen molar-refractivity contribution in [3.8, 4) is 0 Å². The van der Waals surface area contributed by atoms with Crippen LogP contribution in [0.5, 0.6) is 0 Å². The Morgan fingerprint density at radius 2 is 0.929 bits per heavy atom. The van der Waals surface area contributed by atoms with E-state index in [1.165, 1.54) is 0 Å². The molecule has 0 aromatic heterocycles. The zero-order valence-electron chi connectivity index (χ0n) is 9.73. The third kappa shape index (κ3) is 8.21. The molecule has 0 fully saturated rings. The van der Waals surface area contributed by atoms with Crippen molar-refractivity contribution in [1.82, 2.24) is 0 Å². The SMILES string of the molecule is CC(C)(C)OC(Br)C(Br)OC(C)(C)C. The first-order valence-corrected chi connectivity index (χ1v) is 6.48. The summed E-state index contributed by atoms with van der Waals surface area (Å²) in [5, 5.41) is -0.302. The van der Waals surface area contributed by atoms with Crippen LogP contribution in [-0.2, 0) is 9.47 Å². The fourth-order valence-electron chi connectivity index (χ4n) is 0.782. The van der Waals surface area contributed by atoms with Crippen LogP contribution in [0.25, 0.3) is 0 Å². The molecule has 0 aromatic rings. The van der Waals surface area contributed by atoms with Gasteiger partial charge in [0.25, 0.3) is 0 Å². The monoisotopic (exact) mass is 330 g/mol. The molecule has 0 amide bonds. The molecule has 0 saturated heterocycles. The van der Waals surface area contributed by atoms with Gasteiger partial charge in [-0.25, -0.2) is 0 Å². The maximum Gasteiger partial charge on any atom is 0.149 e. The van der Waals surface area contributed by atoms with E-state index in [0.717, 1.165) is 0 Å². The fourth-order valence-corrected chi connectivity index (χ4v) is 2.12. The van der Waals surface area contributed by atoms with Crippen LogP contribution in [0.15, 0.2) is 0 Å². The molecule has 0 bridgehead atoms. The van der Waals surface area contributed by atoms with Crippen LogP contribution >= 0.6 is 31.9 Å². The summed E-state index contributed by atoms with van der Waals surface area (Å²) in [5.41, 5.74) is -0.358. The van der Waals surface area contributed by atoms with Crippen LogP contribution in [0.4, 0.5) is 0 Å². The Labute approximate surface area is 104 Å². The highest BCUT2D eigenvalue weighted by Crippen LogP contribution is 2.26. The minimum atomic E-state index is -0.179. The quantitative estimate of drug-likeness (QED) is 0.726. The second-order valence-corrected chi connectivity index (χ2v) is 6.97. The number of rotatable bonds is 3. The lowest BCUT2D eigenvalue weighted by molar-refractivity contribution is -0.0948. The molecule has 0 N–H and O–H groups in total. The topological polar surface area (TPSA) is 18.5 Å². The lowest BCUT2D eigenvalue weighted by Gasteiger charge is -2.30. The molecule has 0 saturated carbocycles. The summed E-state index contributed by atoms with van der Waals surface area (Å²) in [4.78, 5) is 0. The molecule has 0 aliphatic carbocycles. The zero-order valence-corrected chi connectivity index (χ0v) is 12.9. The van der Waals surface area contributed by atoms with E-state index in [2.05, 4.69) is 31.9 Å². The second-order valence-electron chi connectivity index (χ2n) is 5.16. The minimum absolute atomic E-state index is 0.151. The van der Waals surface area contributed by atoms with E-state index in [1.807, 2.05) is 41.5 Å². The van der Waals surface area contributed by atoms with Crippen LogP contribution in [-0.4, -0.2) is 21.2 Å². The molecule has 0 aromatic carbocycles. The average molecular weight is 332 g/mol. The molecule has 0 rings (SSSR count). The maximum absolute atomic E-state index is 5.69. The summed E-state index contributed by atoms with van der Waals surface area (Å²) < 4.78 is 11.4. The summed E-state index contributed by atoms with van der Waals surface area (Å²) in [5.74, 6) is 0. The summed E-state index contributed by atoms with van der Waals surface area (Å²) in [6.45, 7) is 12.1. The van der Waals surface area contributed by atoms with Crippen LogP contribution in [0.3, 0.4) is 0 Å². The summed E-state index contributed by atoms with van der Waals surface area (Å²) >= 11 is 6.88. The van der Waals surface area contributed by atoms with Gasteiger partial charge in [0.1, 0.15) is 10.0 Å². The minimum Gasteiger partial charge on any atom is -0.358 e. The standard InChI is InChI=1S/C10H20Br2O2/c1-9(2,3)13-7(11)8(12)14-10(4,5)6/h7-8H,1-6H3. The molecule has 0 aliphatic rings. The molecule has 4 heteroatoms. The van der Waals surface area contributed by atoms with E-state index < -0.39 is 0 Å². The Kier molecular flexibility index (Phi) is 5.61. The van der Waals surface area contributed by atoms with E-state index in [4.69, 9.17) is 9.47 Å².